The van der Waals surface area contributed by atoms with Crippen molar-refractivity contribution in [2.24, 2.45) is 0 Å². The van der Waals surface area contributed by atoms with Crippen molar-refractivity contribution in [3.8, 4) is 0 Å². The molecule has 1 aliphatic rings. The van der Waals surface area contributed by atoms with Crippen molar-refractivity contribution in [2.75, 3.05) is 26.4 Å². The SMILES string of the molecule is OCC1(c2cccc(F)c2)COCCCN1. The molecule has 0 aliphatic carbocycles. The smallest absolute Gasteiger partial charge is 0.123 e. The molecular weight excluding hydrogens is 209 g/mol. The van der Waals surface area contributed by atoms with Crippen molar-refractivity contribution in [1.29, 1.82) is 0 Å². The van der Waals surface area contributed by atoms with Gasteiger partial charge in [-0.25, -0.2) is 4.39 Å². The van der Waals surface area contributed by atoms with Crippen molar-refractivity contribution in [1.82, 2.24) is 5.32 Å². The molecular formula is C12H16FNO2. The highest BCUT2D eigenvalue weighted by molar-refractivity contribution is 5.26. The van der Waals surface area contributed by atoms with Gasteiger partial charge in [0.1, 0.15) is 5.82 Å². The van der Waals surface area contributed by atoms with Gasteiger partial charge in [-0.1, -0.05) is 12.1 Å². The summed E-state index contributed by atoms with van der Waals surface area (Å²) in [4.78, 5) is 0. The molecule has 0 radical (unpaired) electrons. The van der Waals surface area contributed by atoms with Crippen molar-refractivity contribution in [2.45, 2.75) is 12.0 Å². The van der Waals surface area contributed by atoms with Crippen LogP contribution in [0.4, 0.5) is 4.39 Å². The molecule has 1 aliphatic heterocycles. The van der Waals surface area contributed by atoms with E-state index in [-0.39, 0.29) is 12.4 Å². The quantitative estimate of drug-likeness (QED) is 0.789. The van der Waals surface area contributed by atoms with E-state index in [9.17, 15) is 9.50 Å². The molecule has 1 aromatic rings. The van der Waals surface area contributed by atoms with Crippen LogP contribution in [-0.2, 0) is 10.3 Å². The van der Waals surface area contributed by atoms with E-state index in [1.54, 1.807) is 12.1 Å². The predicted octanol–water partition coefficient (Wildman–Crippen LogP) is 1.02. The Morgan fingerprint density at radius 2 is 2.38 bits per heavy atom. The van der Waals surface area contributed by atoms with E-state index in [4.69, 9.17) is 4.74 Å². The minimum atomic E-state index is -0.668. The first-order valence-electron chi connectivity index (χ1n) is 5.46. The van der Waals surface area contributed by atoms with Gasteiger partial charge in [0, 0.05) is 6.61 Å². The highest BCUT2D eigenvalue weighted by atomic mass is 19.1. The third-order valence-corrected chi connectivity index (χ3v) is 2.92. The van der Waals surface area contributed by atoms with Crippen molar-refractivity contribution in [3.63, 3.8) is 0 Å². The van der Waals surface area contributed by atoms with Crippen LogP contribution in [0.2, 0.25) is 0 Å². The summed E-state index contributed by atoms with van der Waals surface area (Å²) in [6.07, 6.45) is 0.900. The maximum atomic E-state index is 13.2. The van der Waals surface area contributed by atoms with Gasteiger partial charge in [0.05, 0.1) is 18.8 Å². The molecule has 2 rings (SSSR count). The van der Waals surface area contributed by atoms with E-state index >= 15 is 0 Å². The Balaban J connectivity index is 2.31. The number of hydrogen-bond acceptors (Lipinski definition) is 3. The fraction of sp³-hybridized carbons (Fsp3) is 0.500. The molecule has 1 atom stereocenters. The molecule has 1 fully saturated rings. The lowest BCUT2D eigenvalue weighted by molar-refractivity contribution is 0.0550. The predicted molar refractivity (Wildman–Crippen MR) is 58.6 cm³/mol. The Morgan fingerprint density at radius 3 is 3.12 bits per heavy atom. The molecule has 3 nitrogen and oxygen atoms in total. The van der Waals surface area contributed by atoms with Gasteiger partial charge < -0.3 is 15.2 Å². The lowest BCUT2D eigenvalue weighted by Crippen LogP contribution is -2.48. The van der Waals surface area contributed by atoms with Crippen LogP contribution in [0.15, 0.2) is 24.3 Å². The van der Waals surface area contributed by atoms with Gasteiger partial charge >= 0.3 is 0 Å². The van der Waals surface area contributed by atoms with Crippen LogP contribution in [0, 0.1) is 5.82 Å². The Kier molecular flexibility index (Phi) is 3.53. The molecule has 0 aromatic heterocycles. The summed E-state index contributed by atoms with van der Waals surface area (Å²) in [6.45, 7) is 1.70. The first-order valence-corrected chi connectivity index (χ1v) is 5.46. The summed E-state index contributed by atoms with van der Waals surface area (Å²) in [5, 5.41) is 12.8. The Morgan fingerprint density at radius 1 is 1.50 bits per heavy atom. The summed E-state index contributed by atoms with van der Waals surface area (Å²) in [5.74, 6) is -0.295. The molecule has 88 valence electrons. The zero-order valence-corrected chi connectivity index (χ0v) is 9.08. The summed E-state index contributed by atoms with van der Waals surface area (Å²) < 4.78 is 18.6. The topological polar surface area (TPSA) is 41.5 Å². The second-order valence-corrected chi connectivity index (χ2v) is 4.08. The van der Waals surface area contributed by atoms with E-state index < -0.39 is 5.54 Å². The minimum Gasteiger partial charge on any atom is -0.394 e. The van der Waals surface area contributed by atoms with E-state index in [2.05, 4.69) is 5.32 Å². The summed E-state index contributed by atoms with van der Waals surface area (Å²) >= 11 is 0. The number of halogens is 1. The second kappa shape index (κ2) is 4.91. The average Bonchev–Trinajstić information content (AvgIpc) is 2.55. The summed E-state index contributed by atoms with van der Waals surface area (Å²) in [6, 6.07) is 6.29. The molecule has 1 unspecified atom stereocenters. The molecule has 0 amide bonds. The number of aliphatic hydroxyl groups excluding tert-OH is 1. The molecule has 1 heterocycles. The molecule has 4 heteroatoms. The average molecular weight is 225 g/mol. The maximum Gasteiger partial charge on any atom is 0.123 e. The molecule has 0 spiro atoms. The van der Waals surface area contributed by atoms with Crippen LogP contribution in [0.3, 0.4) is 0 Å². The highest BCUT2D eigenvalue weighted by Crippen LogP contribution is 2.23. The first kappa shape index (κ1) is 11.5. The highest BCUT2D eigenvalue weighted by Gasteiger charge is 2.33. The largest absolute Gasteiger partial charge is 0.394 e. The molecule has 2 N–H and O–H groups in total. The third kappa shape index (κ3) is 2.24. The first-order chi connectivity index (χ1) is 7.77. The number of rotatable bonds is 2. The monoisotopic (exact) mass is 225 g/mol. The number of benzene rings is 1. The van der Waals surface area contributed by atoms with Crippen molar-refractivity contribution >= 4 is 0 Å². The molecule has 1 saturated heterocycles. The van der Waals surface area contributed by atoms with Gasteiger partial charge in [-0.2, -0.15) is 0 Å². The van der Waals surface area contributed by atoms with Crippen LogP contribution >= 0.6 is 0 Å². The normalized spacial score (nSPS) is 26.4. The van der Waals surface area contributed by atoms with E-state index in [0.29, 0.717) is 13.2 Å². The van der Waals surface area contributed by atoms with Crippen LogP contribution < -0.4 is 5.32 Å². The number of ether oxygens (including phenoxy) is 1. The van der Waals surface area contributed by atoms with Gasteiger partial charge in [-0.3, -0.25) is 0 Å². The number of hydrogen-bond donors (Lipinski definition) is 2. The minimum absolute atomic E-state index is 0.101. The standard InChI is InChI=1S/C12H16FNO2/c13-11-4-1-3-10(7-11)12(8-15)9-16-6-2-5-14-12/h1,3-4,7,14-15H,2,5-6,8-9H2. The molecule has 0 bridgehead atoms. The fourth-order valence-corrected chi connectivity index (χ4v) is 1.96. The molecule has 16 heavy (non-hydrogen) atoms. The summed E-state index contributed by atoms with van der Waals surface area (Å²) in [5.41, 5.74) is 0.0652. The third-order valence-electron chi connectivity index (χ3n) is 2.92. The Hall–Kier alpha value is -0.970. The second-order valence-electron chi connectivity index (χ2n) is 4.08. The lowest BCUT2D eigenvalue weighted by atomic mass is 9.91. The van der Waals surface area contributed by atoms with Crippen molar-refractivity contribution in [3.05, 3.63) is 35.6 Å². The van der Waals surface area contributed by atoms with E-state index in [1.807, 2.05) is 0 Å². The zero-order chi connectivity index (χ0) is 11.4. The van der Waals surface area contributed by atoms with Gasteiger partial charge in [-0.05, 0) is 30.7 Å². The lowest BCUT2D eigenvalue weighted by Gasteiger charge is -2.31. The van der Waals surface area contributed by atoms with Crippen LogP contribution in [-0.4, -0.2) is 31.5 Å². The Labute approximate surface area is 94.2 Å². The van der Waals surface area contributed by atoms with Gasteiger partial charge in [0.15, 0.2) is 0 Å². The van der Waals surface area contributed by atoms with Gasteiger partial charge in [-0.15, -0.1) is 0 Å². The van der Waals surface area contributed by atoms with Crippen molar-refractivity contribution < 1.29 is 14.2 Å². The van der Waals surface area contributed by atoms with Crippen LogP contribution in [0.1, 0.15) is 12.0 Å². The molecule has 0 saturated carbocycles. The maximum absolute atomic E-state index is 13.2. The van der Waals surface area contributed by atoms with E-state index in [0.717, 1.165) is 18.5 Å². The van der Waals surface area contributed by atoms with Gasteiger partial charge in [0.2, 0.25) is 0 Å². The van der Waals surface area contributed by atoms with Gasteiger partial charge in [0.25, 0.3) is 0 Å². The molecule has 1 aromatic carbocycles. The van der Waals surface area contributed by atoms with Crippen LogP contribution in [0.5, 0.6) is 0 Å². The number of nitrogens with one attached hydrogen (secondary N) is 1. The zero-order valence-electron chi connectivity index (χ0n) is 9.08. The number of aliphatic hydroxyl groups is 1. The fourth-order valence-electron chi connectivity index (χ4n) is 1.96. The summed E-state index contributed by atoms with van der Waals surface area (Å²) in [7, 11) is 0. The van der Waals surface area contributed by atoms with Crippen LogP contribution in [0.25, 0.3) is 0 Å². The van der Waals surface area contributed by atoms with E-state index in [1.165, 1.54) is 12.1 Å². The Bertz CT molecular complexity index is 349.